The van der Waals surface area contributed by atoms with E-state index in [2.05, 4.69) is 21.8 Å². The summed E-state index contributed by atoms with van der Waals surface area (Å²) in [6.07, 6.45) is 9.66. The molecule has 4 nitrogen and oxygen atoms in total. The maximum Gasteiger partial charge on any atom is 0.0945 e. The summed E-state index contributed by atoms with van der Waals surface area (Å²) in [5.74, 6) is 0. The zero-order valence-electron chi connectivity index (χ0n) is 9.93. The van der Waals surface area contributed by atoms with E-state index >= 15 is 0 Å². The minimum absolute atomic E-state index is 0.424. The molecule has 1 aromatic heterocycles. The lowest BCUT2D eigenvalue weighted by Gasteiger charge is -2.19. The Hall–Kier alpha value is -0.870. The number of hydrogen-bond donors (Lipinski definition) is 1. The van der Waals surface area contributed by atoms with Crippen LogP contribution in [0.3, 0.4) is 0 Å². The van der Waals surface area contributed by atoms with Gasteiger partial charge in [-0.2, -0.15) is 0 Å². The van der Waals surface area contributed by atoms with Gasteiger partial charge in [-0.3, -0.25) is 0 Å². The van der Waals surface area contributed by atoms with Crippen LogP contribution in [0.1, 0.15) is 26.2 Å². The summed E-state index contributed by atoms with van der Waals surface area (Å²) < 4.78 is 7.75. The molecule has 0 spiro atoms. The first-order chi connectivity index (χ1) is 7.86. The van der Waals surface area contributed by atoms with Gasteiger partial charge in [-0.15, -0.1) is 0 Å². The number of nitrogens with one attached hydrogen (secondary N) is 1. The number of ether oxygens (including phenoxy) is 1. The summed E-state index contributed by atoms with van der Waals surface area (Å²) in [7, 11) is 0. The number of imidazole rings is 1. The lowest BCUT2D eigenvalue weighted by atomic mass is 10.1. The zero-order valence-corrected chi connectivity index (χ0v) is 9.93. The van der Waals surface area contributed by atoms with Crippen LogP contribution in [0.15, 0.2) is 18.7 Å². The molecular formula is C12H21N3O. The van der Waals surface area contributed by atoms with Crippen molar-refractivity contribution in [3.05, 3.63) is 18.7 Å². The van der Waals surface area contributed by atoms with Gasteiger partial charge in [0.25, 0.3) is 0 Å². The molecule has 0 amide bonds. The third-order valence-corrected chi connectivity index (χ3v) is 3.14. The van der Waals surface area contributed by atoms with E-state index in [4.69, 9.17) is 4.74 Å². The molecule has 1 aliphatic heterocycles. The summed E-state index contributed by atoms with van der Waals surface area (Å²) >= 11 is 0. The van der Waals surface area contributed by atoms with Crippen molar-refractivity contribution in [2.75, 3.05) is 13.2 Å². The molecule has 4 heteroatoms. The number of rotatable bonds is 6. The molecule has 1 saturated heterocycles. The van der Waals surface area contributed by atoms with Crippen molar-refractivity contribution in [1.29, 1.82) is 0 Å². The maximum absolute atomic E-state index is 5.64. The van der Waals surface area contributed by atoms with Crippen LogP contribution in [0.4, 0.5) is 0 Å². The fourth-order valence-corrected chi connectivity index (χ4v) is 2.14. The Bertz CT molecular complexity index is 280. The molecule has 0 aliphatic carbocycles. The van der Waals surface area contributed by atoms with E-state index in [1.807, 2.05) is 18.7 Å². The minimum Gasteiger partial charge on any atom is -0.377 e. The standard InChI is InChI=1S/C12H21N3O/c1-11(12-4-2-9-16-12)14-5-3-7-15-8-6-13-10-15/h6,8,10-12,14H,2-5,7,9H2,1H3. The molecule has 0 aromatic carbocycles. The Balaban J connectivity index is 1.57. The predicted molar refractivity (Wildman–Crippen MR) is 63.3 cm³/mol. The van der Waals surface area contributed by atoms with E-state index in [1.165, 1.54) is 12.8 Å². The van der Waals surface area contributed by atoms with E-state index < -0.39 is 0 Å². The Morgan fingerprint density at radius 3 is 3.25 bits per heavy atom. The number of aryl methyl sites for hydroxylation is 1. The fraction of sp³-hybridized carbons (Fsp3) is 0.750. The van der Waals surface area contributed by atoms with Crippen LogP contribution < -0.4 is 5.32 Å². The number of nitrogens with zero attached hydrogens (tertiary/aromatic N) is 2. The number of hydrogen-bond acceptors (Lipinski definition) is 3. The highest BCUT2D eigenvalue weighted by molar-refractivity contribution is 4.77. The van der Waals surface area contributed by atoms with Crippen LogP contribution in [0.25, 0.3) is 0 Å². The summed E-state index contributed by atoms with van der Waals surface area (Å²) in [5.41, 5.74) is 0. The van der Waals surface area contributed by atoms with Crippen LogP contribution in [-0.4, -0.2) is 34.8 Å². The van der Waals surface area contributed by atoms with Gasteiger partial charge in [0.2, 0.25) is 0 Å². The van der Waals surface area contributed by atoms with Gasteiger partial charge in [0.05, 0.1) is 12.4 Å². The van der Waals surface area contributed by atoms with Crippen LogP contribution in [-0.2, 0) is 11.3 Å². The van der Waals surface area contributed by atoms with Gasteiger partial charge in [-0.25, -0.2) is 4.98 Å². The molecule has 0 bridgehead atoms. The zero-order chi connectivity index (χ0) is 11.2. The third-order valence-electron chi connectivity index (χ3n) is 3.14. The highest BCUT2D eigenvalue weighted by Crippen LogP contribution is 2.15. The maximum atomic E-state index is 5.64. The van der Waals surface area contributed by atoms with Crippen molar-refractivity contribution in [2.24, 2.45) is 0 Å². The molecule has 1 aromatic rings. The summed E-state index contributed by atoms with van der Waals surface area (Å²) in [4.78, 5) is 4.02. The molecule has 2 atom stereocenters. The van der Waals surface area contributed by atoms with Gasteiger partial charge in [0.15, 0.2) is 0 Å². The molecule has 1 fully saturated rings. The van der Waals surface area contributed by atoms with Crippen molar-refractivity contribution < 1.29 is 4.74 Å². The van der Waals surface area contributed by atoms with Gasteiger partial charge < -0.3 is 14.6 Å². The molecule has 0 radical (unpaired) electrons. The lowest BCUT2D eigenvalue weighted by molar-refractivity contribution is 0.0836. The smallest absolute Gasteiger partial charge is 0.0945 e. The molecule has 2 heterocycles. The van der Waals surface area contributed by atoms with Gasteiger partial charge in [0, 0.05) is 31.6 Å². The first-order valence-corrected chi connectivity index (χ1v) is 6.17. The first-order valence-electron chi connectivity index (χ1n) is 6.17. The van der Waals surface area contributed by atoms with Gasteiger partial charge in [-0.1, -0.05) is 0 Å². The molecule has 16 heavy (non-hydrogen) atoms. The van der Waals surface area contributed by atoms with E-state index in [-0.39, 0.29) is 0 Å². The Labute approximate surface area is 97.0 Å². The minimum atomic E-state index is 0.424. The van der Waals surface area contributed by atoms with Crippen molar-refractivity contribution in [3.63, 3.8) is 0 Å². The van der Waals surface area contributed by atoms with Crippen LogP contribution in [0.2, 0.25) is 0 Å². The Morgan fingerprint density at radius 1 is 1.62 bits per heavy atom. The van der Waals surface area contributed by atoms with Crippen molar-refractivity contribution in [2.45, 2.75) is 44.9 Å². The highest BCUT2D eigenvalue weighted by atomic mass is 16.5. The largest absolute Gasteiger partial charge is 0.377 e. The summed E-state index contributed by atoms with van der Waals surface area (Å²) in [6.45, 7) is 5.23. The quantitative estimate of drug-likeness (QED) is 0.742. The second kappa shape index (κ2) is 6.01. The average molecular weight is 223 g/mol. The van der Waals surface area contributed by atoms with Crippen LogP contribution >= 0.6 is 0 Å². The third kappa shape index (κ3) is 3.32. The highest BCUT2D eigenvalue weighted by Gasteiger charge is 2.21. The van der Waals surface area contributed by atoms with Crippen molar-refractivity contribution in [1.82, 2.24) is 14.9 Å². The van der Waals surface area contributed by atoms with E-state index in [0.717, 1.165) is 26.1 Å². The summed E-state index contributed by atoms with van der Waals surface area (Å²) in [6, 6.07) is 0.477. The molecule has 0 saturated carbocycles. The van der Waals surface area contributed by atoms with E-state index in [9.17, 15) is 0 Å². The molecule has 90 valence electrons. The topological polar surface area (TPSA) is 39.1 Å². The van der Waals surface area contributed by atoms with Crippen molar-refractivity contribution in [3.8, 4) is 0 Å². The second-order valence-electron chi connectivity index (χ2n) is 4.45. The molecule has 1 aliphatic rings. The van der Waals surface area contributed by atoms with Gasteiger partial charge >= 0.3 is 0 Å². The van der Waals surface area contributed by atoms with Gasteiger partial charge in [0.1, 0.15) is 0 Å². The lowest BCUT2D eigenvalue weighted by Crippen LogP contribution is -2.37. The number of aromatic nitrogens is 2. The molecular weight excluding hydrogens is 202 g/mol. The van der Waals surface area contributed by atoms with E-state index in [1.54, 1.807) is 0 Å². The molecule has 1 N–H and O–H groups in total. The fourth-order valence-electron chi connectivity index (χ4n) is 2.14. The predicted octanol–water partition coefficient (Wildman–Crippen LogP) is 1.43. The van der Waals surface area contributed by atoms with Crippen LogP contribution in [0.5, 0.6) is 0 Å². The molecule has 2 rings (SSSR count). The first kappa shape index (κ1) is 11.6. The monoisotopic (exact) mass is 223 g/mol. The van der Waals surface area contributed by atoms with E-state index in [0.29, 0.717) is 12.1 Å². The van der Waals surface area contributed by atoms with Crippen LogP contribution in [0, 0.1) is 0 Å². The van der Waals surface area contributed by atoms with Gasteiger partial charge in [-0.05, 0) is 32.7 Å². The normalized spacial score (nSPS) is 22.4. The Morgan fingerprint density at radius 2 is 2.56 bits per heavy atom. The van der Waals surface area contributed by atoms with Crippen molar-refractivity contribution >= 4 is 0 Å². The summed E-state index contributed by atoms with van der Waals surface area (Å²) in [5, 5.41) is 3.53. The SMILES string of the molecule is CC(NCCCn1ccnc1)C1CCCO1. The molecule has 2 unspecified atom stereocenters. The Kier molecular flexibility index (Phi) is 4.36. The average Bonchev–Trinajstić information content (AvgIpc) is 2.96. The second-order valence-corrected chi connectivity index (χ2v) is 4.45.